The van der Waals surface area contributed by atoms with Gasteiger partial charge in [0, 0.05) is 0 Å². The number of ether oxygens (including phenoxy) is 3. The third kappa shape index (κ3) is 4.54. The molecule has 3 atom stereocenters. The Balaban J connectivity index is 2.13. The summed E-state index contributed by atoms with van der Waals surface area (Å²) in [5, 5.41) is 18.2. The zero-order valence-electron chi connectivity index (χ0n) is 7.72. The van der Waals surface area contributed by atoms with Gasteiger partial charge in [-0.2, -0.15) is 0 Å². The van der Waals surface area contributed by atoms with Crippen LogP contribution in [0.5, 0.6) is 0 Å². The summed E-state index contributed by atoms with van der Waals surface area (Å²) in [6, 6.07) is 0. The first kappa shape index (κ1) is 13.0. The summed E-state index contributed by atoms with van der Waals surface area (Å²) in [6.07, 6.45) is -3.99. The van der Waals surface area contributed by atoms with Crippen molar-refractivity contribution in [1.82, 2.24) is 0 Å². The van der Waals surface area contributed by atoms with Crippen molar-refractivity contribution in [2.75, 3.05) is 19.7 Å². The molecule has 15 heavy (non-hydrogen) atoms. The normalized spacial score (nSPS) is 32.1. The van der Waals surface area contributed by atoms with Crippen molar-refractivity contribution in [3.63, 3.8) is 0 Å². The van der Waals surface area contributed by atoms with Crippen molar-refractivity contribution in [2.24, 2.45) is 0 Å². The molecule has 0 aromatic rings. The van der Waals surface area contributed by atoms with Gasteiger partial charge in [0.2, 0.25) is 0 Å². The molecule has 1 rings (SSSR count). The third-order valence-electron chi connectivity index (χ3n) is 1.68. The van der Waals surface area contributed by atoms with E-state index in [1.165, 1.54) is 0 Å². The molecule has 0 aromatic carbocycles. The van der Waals surface area contributed by atoms with Crippen molar-refractivity contribution < 1.29 is 38.8 Å². The van der Waals surface area contributed by atoms with E-state index in [1.807, 2.05) is 0 Å². The maximum absolute atomic E-state index is 10.3. The van der Waals surface area contributed by atoms with Gasteiger partial charge in [0.1, 0.15) is 12.2 Å². The lowest BCUT2D eigenvalue weighted by molar-refractivity contribution is -0.198. The van der Waals surface area contributed by atoms with Gasteiger partial charge in [0.05, 0.1) is 6.61 Å². The number of aliphatic hydroxyl groups is 2. The molecular formula is C6H13O8P. The maximum atomic E-state index is 10.3. The van der Waals surface area contributed by atoms with Crippen molar-refractivity contribution in [2.45, 2.75) is 18.5 Å². The van der Waals surface area contributed by atoms with Gasteiger partial charge in [-0.15, -0.1) is 0 Å². The van der Waals surface area contributed by atoms with E-state index in [-0.39, 0.29) is 6.61 Å². The third-order valence-corrected chi connectivity index (χ3v) is 2.20. The Bertz CT molecular complexity index is 239. The first-order chi connectivity index (χ1) is 6.90. The molecular weight excluding hydrogens is 231 g/mol. The summed E-state index contributed by atoms with van der Waals surface area (Å²) in [7, 11) is -4.21. The summed E-state index contributed by atoms with van der Waals surface area (Å²) in [6.45, 7) is -0.482. The highest BCUT2D eigenvalue weighted by atomic mass is 31.2. The first-order valence-electron chi connectivity index (χ1n) is 4.12. The number of aliphatic hydroxyl groups excluding tert-OH is 2. The van der Waals surface area contributed by atoms with Crippen molar-refractivity contribution in [3.8, 4) is 0 Å². The molecule has 0 saturated carbocycles. The van der Waals surface area contributed by atoms with E-state index in [4.69, 9.17) is 24.4 Å². The molecule has 0 spiro atoms. The summed E-state index contributed by atoms with van der Waals surface area (Å²) >= 11 is 0. The molecule has 1 heterocycles. The first-order valence-corrected chi connectivity index (χ1v) is 5.91. The minimum absolute atomic E-state index is 0.0513. The van der Waals surface area contributed by atoms with Crippen molar-refractivity contribution in [3.05, 3.63) is 0 Å². The average Bonchev–Trinajstić information content (AvgIpc) is 2.42. The topological polar surface area (TPSA) is 126 Å². The van der Waals surface area contributed by atoms with E-state index >= 15 is 0 Å². The highest BCUT2D eigenvalue weighted by molar-refractivity contribution is 7.51. The quantitative estimate of drug-likeness (QED) is 0.253. The van der Waals surface area contributed by atoms with Gasteiger partial charge >= 0.3 is 7.60 Å². The van der Waals surface area contributed by atoms with Gasteiger partial charge in [-0.25, -0.2) is 0 Å². The second kappa shape index (κ2) is 5.33. The van der Waals surface area contributed by atoms with Crippen LogP contribution in [-0.4, -0.2) is 58.2 Å². The number of rotatable bonds is 5. The Morgan fingerprint density at radius 3 is 2.53 bits per heavy atom. The van der Waals surface area contributed by atoms with Crippen LogP contribution in [0, 0.1) is 0 Å². The van der Waals surface area contributed by atoms with Gasteiger partial charge in [-0.05, 0) is 0 Å². The van der Waals surface area contributed by atoms with Gasteiger partial charge in [-0.1, -0.05) is 0 Å². The second-order valence-electron chi connectivity index (χ2n) is 3.04. The lowest BCUT2D eigenvalue weighted by Crippen LogP contribution is -2.32. The number of hydrogen-bond acceptors (Lipinski definition) is 6. The zero-order chi connectivity index (χ0) is 11.5. The van der Waals surface area contributed by atoms with Crippen LogP contribution in [-0.2, 0) is 18.8 Å². The Morgan fingerprint density at radius 1 is 1.40 bits per heavy atom. The van der Waals surface area contributed by atoms with Crippen LogP contribution in [0.4, 0.5) is 0 Å². The number of hydrogen-bond donors (Lipinski definition) is 4. The van der Waals surface area contributed by atoms with Gasteiger partial charge < -0.3 is 34.2 Å². The van der Waals surface area contributed by atoms with Crippen LogP contribution in [0.2, 0.25) is 0 Å². The van der Waals surface area contributed by atoms with Crippen LogP contribution in [0.1, 0.15) is 0 Å². The fraction of sp³-hybridized carbons (Fsp3) is 1.00. The molecule has 4 N–H and O–H groups in total. The molecule has 0 aromatic heterocycles. The smallest absolute Gasteiger partial charge is 0.351 e. The Hall–Kier alpha value is -0.0500. The van der Waals surface area contributed by atoms with Crippen LogP contribution < -0.4 is 0 Å². The van der Waals surface area contributed by atoms with E-state index in [2.05, 4.69) is 4.74 Å². The predicted octanol–water partition coefficient (Wildman–Crippen LogP) is -1.81. The van der Waals surface area contributed by atoms with E-state index in [0.29, 0.717) is 0 Å². The average molecular weight is 244 g/mol. The highest BCUT2D eigenvalue weighted by Crippen LogP contribution is 2.33. The second-order valence-corrected chi connectivity index (χ2v) is 4.63. The minimum Gasteiger partial charge on any atom is -0.388 e. The van der Waals surface area contributed by atoms with Crippen LogP contribution in [0.3, 0.4) is 0 Å². The lowest BCUT2D eigenvalue weighted by Gasteiger charge is -2.15. The molecule has 1 aliphatic rings. The van der Waals surface area contributed by atoms with E-state index in [1.54, 1.807) is 0 Å². The van der Waals surface area contributed by atoms with Crippen LogP contribution in [0.15, 0.2) is 0 Å². The van der Waals surface area contributed by atoms with Crippen LogP contribution >= 0.6 is 7.60 Å². The Labute approximate surface area is 85.5 Å². The summed E-state index contributed by atoms with van der Waals surface area (Å²) in [5.74, 6) is 0. The maximum Gasteiger partial charge on any atom is 0.351 e. The molecule has 0 aliphatic carbocycles. The van der Waals surface area contributed by atoms with Gasteiger partial charge in [0.25, 0.3) is 0 Å². The summed E-state index contributed by atoms with van der Waals surface area (Å²) in [5.41, 5.74) is 0. The molecule has 0 unspecified atom stereocenters. The Morgan fingerprint density at radius 2 is 2.07 bits per heavy atom. The highest BCUT2D eigenvalue weighted by Gasteiger charge is 2.35. The standard InChI is InChI=1S/C6H13O8P/c7-4-1-13-6(5(4)8)14-2-12-3-15(9,10)11/h4-8H,1-3H2,(H2,9,10,11)/t4-,5-,6-/m1/s1. The summed E-state index contributed by atoms with van der Waals surface area (Å²) in [4.78, 5) is 16.8. The van der Waals surface area contributed by atoms with Crippen molar-refractivity contribution in [1.29, 1.82) is 0 Å². The molecule has 1 aliphatic heterocycles. The van der Waals surface area contributed by atoms with Gasteiger partial charge in [0.15, 0.2) is 19.4 Å². The molecule has 1 saturated heterocycles. The molecule has 0 radical (unpaired) electrons. The Kier molecular flexibility index (Phi) is 4.63. The van der Waals surface area contributed by atoms with Gasteiger partial charge in [-0.3, -0.25) is 4.57 Å². The lowest BCUT2D eigenvalue weighted by atomic mass is 10.2. The largest absolute Gasteiger partial charge is 0.388 e. The molecule has 90 valence electrons. The predicted molar refractivity (Wildman–Crippen MR) is 45.7 cm³/mol. The molecule has 0 bridgehead atoms. The van der Waals surface area contributed by atoms with E-state index in [0.717, 1.165) is 0 Å². The fourth-order valence-corrected chi connectivity index (χ4v) is 1.30. The SMILES string of the molecule is O=P(O)(O)COCO[C@H]1OC[C@@H](O)[C@H]1O. The van der Waals surface area contributed by atoms with E-state index < -0.39 is 39.2 Å². The van der Waals surface area contributed by atoms with Crippen molar-refractivity contribution >= 4 is 7.60 Å². The van der Waals surface area contributed by atoms with Crippen LogP contribution in [0.25, 0.3) is 0 Å². The zero-order valence-corrected chi connectivity index (χ0v) is 8.62. The molecule has 8 nitrogen and oxygen atoms in total. The molecule has 9 heteroatoms. The molecule has 1 fully saturated rings. The minimum atomic E-state index is -4.21. The molecule has 0 amide bonds. The summed E-state index contributed by atoms with van der Waals surface area (Å²) < 4.78 is 24.4. The van der Waals surface area contributed by atoms with E-state index in [9.17, 15) is 9.67 Å². The fourth-order valence-electron chi connectivity index (χ4n) is 0.990. The monoisotopic (exact) mass is 244 g/mol.